The summed E-state index contributed by atoms with van der Waals surface area (Å²) < 4.78 is 18.7. The Morgan fingerprint density at radius 1 is 1.06 bits per heavy atom. The second-order valence-electron chi connectivity index (χ2n) is 7.93. The summed E-state index contributed by atoms with van der Waals surface area (Å²) in [4.78, 5) is 0. The molecule has 33 heavy (non-hydrogen) atoms. The molecule has 6 heteroatoms. The van der Waals surface area contributed by atoms with Crippen LogP contribution >= 0.6 is 15.9 Å². The number of benzene rings is 3. The van der Waals surface area contributed by atoms with Crippen LogP contribution in [0.3, 0.4) is 0 Å². The van der Waals surface area contributed by atoms with Crippen LogP contribution in [0.15, 0.2) is 89.0 Å². The summed E-state index contributed by atoms with van der Waals surface area (Å²) in [5.74, 6) is 2.56. The topological polar surface area (TPSA) is 43.3 Å². The van der Waals surface area contributed by atoms with Crippen molar-refractivity contribution < 1.29 is 14.2 Å². The zero-order chi connectivity index (χ0) is 22.8. The Labute approximate surface area is 202 Å². The summed E-state index contributed by atoms with van der Waals surface area (Å²) >= 11 is 3.61. The molecule has 0 saturated heterocycles. The van der Waals surface area contributed by atoms with Gasteiger partial charge in [-0.2, -0.15) is 5.10 Å². The van der Waals surface area contributed by atoms with Gasteiger partial charge in [-0.25, -0.2) is 5.01 Å². The standard InChI is InChI=1S/C27H25BrN2O3/c1-3-15-32-22-10-5-18(6-11-22)24-17-25-23-16-20(28)9-14-26(23)33-27(30(25)29-24)19-7-12-21(13-8-19)31-4-2/h3,5-14,16,25,27H,1,4,15,17H2,2H3/t25-,27+/m1/s1. The lowest BCUT2D eigenvalue weighted by molar-refractivity contribution is -0.0191. The average Bonchev–Trinajstić information content (AvgIpc) is 3.29. The molecule has 0 spiro atoms. The predicted molar refractivity (Wildman–Crippen MR) is 133 cm³/mol. The van der Waals surface area contributed by atoms with Gasteiger partial charge in [-0.05, 0) is 79.2 Å². The lowest BCUT2D eigenvalue weighted by atomic mass is 9.96. The highest BCUT2D eigenvalue weighted by atomic mass is 79.9. The number of halogens is 1. The van der Waals surface area contributed by atoms with Crippen LogP contribution in [0.25, 0.3) is 0 Å². The van der Waals surface area contributed by atoms with Crippen molar-refractivity contribution >= 4 is 21.6 Å². The Morgan fingerprint density at radius 2 is 1.79 bits per heavy atom. The maximum Gasteiger partial charge on any atom is 0.213 e. The van der Waals surface area contributed by atoms with Crippen molar-refractivity contribution in [2.75, 3.05) is 13.2 Å². The first kappa shape index (κ1) is 21.6. The summed E-state index contributed by atoms with van der Waals surface area (Å²) in [5.41, 5.74) is 4.28. The number of rotatable bonds is 7. The molecule has 0 saturated carbocycles. The molecule has 5 nitrogen and oxygen atoms in total. The Hall–Kier alpha value is -3.25. The predicted octanol–water partition coefficient (Wildman–Crippen LogP) is 6.65. The van der Waals surface area contributed by atoms with Gasteiger partial charge < -0.3 is 14.2 Å². The van der Waals surface area contributed by atoms with Gasteiger partial charge in [0.05, 0.1) is 18.4 Å². The summed E-state index contributed by atoms with van der Waals surface area (Å²) in [5, 5.41) is 7.12. The highest BCUT2D eigenvalue weighted by molar-refractivity contribution is 9.10. The number of fused-ring (bicyclic) bond motifs is 3. The van der Waals surface area contributed by atoms with E-state index in [4.69, 9.17) is 19.3 Å². The van der Waals surface area contributed by atoms with Crippen LogP contribution in [0.5, 0.6) is 17.2 Å². The van der Waals surface area contributed by atoms with E-state index in [9.17, 15) is 0 Å². The summed E-state index contributed by atoms with van der Waals surface area (Å²) in [6, 6.07) is 22.4. The minimum atomic E-state index is -0.313. The normalized spacial score (nSPS) is 18.6. The van der Waals surface area contributed by atoms with Gasteiger partial charge in [0.2, 0.25) is 6.23 Å². The molecule has 3 aromatic rings. The van der Waals surface area contributed by atoms with Gasteiger partial charge in [0.15, 0.2) is 0 Å². The third-order valence-corrected chi connectivity index (χ3v) is 6.28. The van der Waals surface area contributed by atoms with E-state index in [1.165, 1.54) is 0 Å². The maximum absolute atomic E-state index is 6.46. The molecule has 0 unspecified atom stereocenters. The molecule has 2 aliphatic rings. The van der Waals surface area contributed by atoms with Gasteiger partial charge in [0, 0.05) is 22.0 Å². The molecular weight excluding hydrogens is 480 g/mol. The van der Waals surface area contributed by atoms with Gasteiger partial charge in [-0.15, -0.1) is 0 Å². The second-order valence-corrected chi connectivity index (χ2v) is 8.84. The molecule has 0 N–H and O–H groups in total. The molecule has 2 atom stereocenters. The van der Waals surface area contributed by atoms with Gasteiger partial charge >= 0.3 is 0 Å². The van der Waals surface area contributed by atoms with E-state index in [0.717, 1.165) is 50.5 Å². The van der Waals surface area contributed by atoms with Crippen LogP contribution < -0.4 is 14.2 Å². The molecule has 5 rings (SSSR count). The van der Waals surface area contributed by atoms with Crippen molar-refractivity contribution in [2.24, 2.45) is 5.10 Å². The molecule has 2 heterocycles. The minimum absolute atomic E-state index is 0.0921. The van der Waals surface area contributed by atoms with Crippen molar-refractivity contribution in [1.29, 1.82) is 0 Å². The average molecular weight is 505 g/mol. The Bertz CT molecular complexity index is 1170. The largest absolute Gasteiger partial charge is 0.494 e. The third kappa shape index (κ3) is 4.35. The van der Waals surface area contributed by atoms with Crippen molar-refractivity contribution in [2.45, 2.75) is 25.6 Å². The molecule has 0 amide bonds. The van der Waals surface area contributed by atoms with Crippen LogP contribution in [-0.2, 0) is 0 Å². The quantitative estimate of drug-likeness (QED) is 0.337. The van der Waals surface area contributed by atoms with E-state index in [0.29, 0.717) is 13.2 Å². The highest BCUT2D eigenvalue weighted by Gasteiger charge is 2.41. The van der Waals surface area contributed by atoms with Gasteiger partial charge in [0.1, 0.15) is 23.9 Å². The van der Waals surface area contributed by atoms with Crippen molar-refractivity contribution in [3.63, 3.8) is 0 Å². The van der Waals surface area contributed by atoms with Gasteiger partial charge in [0.25, 0.3) is 0 Å². The van der Waals surface area contributed by atoms with E-state index in [2.05, 4.69) is 57.8 Å². The molecule has 0 radical (unpaired) electrons. The number of hydrogen-bond donors (Lipinski definition) is 0. The first-order valence-corrected chi connectivity index (χ1v) is 11.8. The van der Waals surface area contributed by atoms with Crippen molar-refractivity contribution in [3.8, 4) is 17.2 Å². The molecular formula is C27H25BrN2O3. The molecule has 0 fully saturated rings. The third-order valence-electron chi connectivity index (χ3n) is 5.78. The second kappa shape index (κ2) is 9.32. The molecule has 0 aliphatic carbocycles. The van der Waals surface area contributed by atoms with Crippen LogP contribution in [0.1, 0.15) is 42.3 Å². The highest BCUT2D eigenvalue weighted by Crippen LogP contribution is 2.48. The molecule has 168 valence electrons. The van der Waals surface area contributed by atoms with Crippen LogP contribution in [0.4, 0.5) is 0 Å². The lowest BCUT2D eigenvalue weighted by Gasteiger charge is -2.38. The monoisotopic (exact) mass is 504 g/mol. The zero-order valence-corrected chi connectivity index (χ0v) is 20.0. The number of hydrogen-bond acceptors (Lipinski definition) is 5. The van der Waals surface area contributed by atoms with E-state index in [1.54, 1.807) is 6.08 Å². The number of ether oxygens (including phenoxy) is 3. The lowest BCUT2D eigenvalue weighted by Crippen LogP contribution is -2.33. The first-order valence-electron chi connectivity index (χ1n) is 11.0. The van der Waals surface area contributed by atoms with Crippen LogP contribution in [0, 0.1) is 0 Å². The van der Waals surface area contributed by atoms with Crippen molar-refractivity contribution in [1.82, 2.24) is 5.01 Å². The fourth-order valence-corrected chi connectivity index (χ4v) is 4.63. The fourth-order valence-electron chi connectivity index (χ4n) is 4.25. The number of hydrazone groups is 1. The Balaban J connectivity index is 1.48. The van der Waals surface area contributed by atoms with Gasteiger partial charge in [-0.3, -0.25) is 0 Å². The molecule has 2 aliphatic heterocycles. The van der Waals surface area contributed by atoms with Gasteiger partial charge in [-0.1, -0.05) is 28.6 Å². The van der Waals surface area contributed by atoms with E-state index in [-0.39, 0.29) is 12.3 Å². The van der Waals surface area contributed by atoms with E-state index >= 15 is 0 Å². The molecule has 3 aromatic carbocycles. The first-order chi connectivity index (χ1) is 16.2. The fraction of sp³-hybridized carbons (Fsp3) is 0.222. The zero-order valence-electron chi connectivity index (χ0n) is 18.4. The van der Waals surface area contributed by atoms with Crippen LogP contribution in [0.2, 0.25) is 0 Å². The maximum atomic E-state index is 6.46. The van der Waals surface area contributed by atoms with E-state index < -0.39 is 0 Å². The molecule has 0 aromatic heterocycles. The SMILES string of the molecule is C=CCOc1ccc(C2=NN3[C@H](C2)c2cc(Br)ccc2O[C@H]3c2ccc(OCC)cc2)cc1. The molecule has 0 bridgehead atoms. The smallest absolute Gasteiger partial charge is 0.213 e. The summed E-state index contributed by atoms with van der Waals surface area (Å²) in [7, 11) is 0. The Kier molecular flexibility index (Phi) is 6.09. The minimum Gasteiger partial charge on any atom is -0.494 e. The van der Waals surface area contributed by atoms with E-state index in [1.807, 2.05) is 43.3 Å². The van der Waals surface area contributed by atoms with Crippen molar-refractivity contribution in [3.05, 3.63) is 101 Å². The number of nitrogens with zero attached hydrogens (tertiary/aromatic N) is 2. The summed E-state index contributed by atoms with van der Waals surface area (Å²) in [6.07, 6.45) is 2.23. The Morgan fingerprint density at radius 3 is 2.52 bits per heavy atom. The summed E-state index contributed by atoms with van der Waals surface area (Å²) in [6.45, 7) is 6.81. The van der Waals surface area contributed by atoms with Crippen LogP contribution in [-0.4, -0.2) is 23.9 Å².